The van der Waals surface area contributed by atoms with Crippen molar-refractivity contribution in [2.75, 3.05) is 0 Å². The highest BCUT2D eigenvalue weighted by Gasteiger charge is 2.27. The summed E-state index contributed by atoms with van der Waals surface area (Å²) in [6.07, 6.45) is 10.2. The second-order valence-corrected chi connectivity index (χ2v) is 9.43. The van der Waals surface area contributed by atoms with E-state index in [0.717, 1.165) is 35.6 Å². The molecule has 4 nitrogen and oxygen atoms in total. The number of aryl methyl sites for hydroxylation is 1. The lowest BCUT2D eigenvalue weighted by molar-refractivity contribution is 0.262. The maximum atomic E-state index is 5.14. The summed E-state index contributed by atoms with van der Waals surface area (Å²) in [6.45, 7) is 8.85. The molecule has 1 fully saturated rings. The van der Waals surface area contributed by atoms with Crippen molar-refractivity contribution in [2.45, 2.75) is 78.7 Å². The van der Waals surface area contributed by atoms with Crippen LogP contribution in [0.25, 0.3) is 21.9 Å². The predicted octanol–water partition coefficient (Wildman–Crippen LogP) is 6.72. The zero-order valence-corrected chi connectivity index (χ0v) is 18.7. The van der Waals surface area contributed by atoms with Gasteiger partial charge in [-0.25, -0.2) is 4.98 Å². The molecule has 0 amide bonds. The molecule has 30 heavy (non-hydrogen) atoms. The van der Waals surface area contributed by atoms with Crippen LogP contribution in [0.5, 0.6) is 0 Å². The third kappa shape index (κ3) is 3.36. The molecule has 3 heterocycles. The number of allylic oxidation sites excluding steroid dienone is 2. The van der Waals surface area contributed by atoms with E-state index in [0.29, 0.717) is 6.04 Å². The van der Waals surface area contributed by atoms with Crippen LogP contribution in [0.2, 0.25) is 0 Å². The average molecular weight is 401 g/mol. The zero-order chi connectivity index (χ0) is 20.8. The van der Waals surface area contributed by atoms with E-state index in [1.54, 1.807) is 0 Å². The van der Waals surface area contributed by atoms with Crippen LogP contribution >= 0.6 is 0 Å². The molecular weight excluding hydrogens is 368 g/mol. The van der Waals surface area contributed by atoms with Crippen LogP contribution in [0.1, 0.15) is 76.7 Å². The van der Waals surface area contributed by atoms with Gasteiger partial charge in [0, 0.05) is 35.7 Å². The Morgan fingerprint density at radius 3 is 2.73 bits per heavy atom. The van der Waals surface area contributed by atoms with Crippen molar-refractivity contribution in [1.29, 1.82) is 0 Å². The number of pyridine rings is 1. The highest BCUT2D eigenvalue weighted by molar-refractivity contribution is 6.02. The summed E-state index contributed by atoms with van der Waals surface area (Å²) in [6, 6.07) is 7.10. The van der Waals surface area contributed by atoms with E-state index in [1.807, 2.05) is 6.20 Å². The molecule has 2 aromatic heterocycles. The van der Waals surface area contributed by atoms with Gasteiger partial charge < -0.3 is 4.57 Å². The van der Waals surface area contributed by atoms with Crippen molar-refractivity contribution >= 4 is 27.6 Å². The smallest absolute Gasteiger partial charge is 0.116 e. The van der Waals surface area contributed by atoms with Gasteiger partial charge in [-0.1, -0.05) is 37.8 Å². The number of rotatable bonds is 4. The number of aromatic nitrogens is 3. The second-order valence-electron chi connectivity index (χ2n) is 9.43. The van der Waals surface area contributed by atoms with Crippen LogP contribution < -0.4 is 0 Å². The van der Waals surface area contributed by atoms with Crippen LogP contribution in [0.15, 0.2) is 40.7 Å². The van der Waals surface area contributed by atoms with Crippen LogP contribution in [0, 0.1) is 12.8 Å². The Balaban J connectivity index is 1.71. The van der Waals surface area contributed by atoms with Gasteiger partial charge in [0.2, 0.25) is 0 Å². The summed E-state index contributed by atoms with van der Waals surface area (Å²) < 4.78 is 2.59. The number of hydrogen-bond donors (Lipinski definition) is 0. The molecule has 4 heteroatoms. The molecule has 1 aliphatic carbocycles. The molecule has 0 saturated heterocycles. The number of fused-ring (bicyclic) bond motifs is 3. The number of aliphatic imine (C=N–C) groups is 1. The first-order valence-electron chi connectivity index (χ1n) is 11.5. The molecule has 0 radical (unpaired) electrons. The number of imidazole rings is 1. The van der Waals surface area contributed by atoms with Gasteiger partial charge >= 0.3 is 0 Å². The summed E-state index contributed by atoms with van der Waals surface area (Å²) in [5.41, 5.74) is 8.46. The Morgan fingerprint density at radius 1 is 1.10 bits per heavy atom. The van der Waals surface area contributed by atoms with Crippen molar-refractivity contribution in [2.24, 2.45) is 10.9 Å². The monoisotopic (exact) mass is 400 g/mol. The number of nitrogens with zero attached hydrogens (tertiary/aromatic N) is 4. The van der Waals surface area contributed by atoms with Gasteiger partial charge in [0.15, 0.2) is 0 Å². The standard InChI is InChI=1S/C26H32N4/c1-5-19-7-6-8-20(13-19)30-25(14-23-17(3)12-18(4)28-23)29-24-15-27-22-10-9-16(2)11-21(22)26(24)30/h9-11,15,19-20H,5-8,12-14H2,1-4H3. The quantitative estimate of drug-likeness (QED) is 0.488. The van der Waals surface area contributed by atoms with Gasteiger partial charge in [-0.3, -0.25) is 9.98 Å². The van der Waals surface area contributed by atoms with Gasteiger partial charge in [-0.2, -0.15) is 0 Å². The first-order chi connectivity index (χ1) is 14.5. The minimum atomic E-state index is 0.516. The van der Waals surface area contributed by atoms with Crippen molar-refractivity contribution in [3.63, 3.8) is 0 Å². The zero-order valence-electron chi connectivity index (χ0n) is 18.7. The third-order valence-electron chi connectivity index (χ3n) is 7.11. The van der Waals surface area contributed by atoms with Gasteiger partial charge in [0.25, 0.3) is 0 Å². The molecule has 2 unspecified atom stereocenters. The Morgan fingerprint density at radius 2 is 1.97 bits per heavy atom. The molecule has 0 N–H and O–H groups in total. The molecule has 1 aromatic carbocycles. The summed E-state index contributed by atoms with van der Waals surface area (Å²) in [5, 5.41) is 1.24. The maximum Gasteiger partial charge on any atom is 0.116 e. The van der Waals surface area contributed by atoms with Gasteiger partial charge in [0.1, 0.15) is 11.3 Å². The summed E-state index contributed by atoms with van der Waals surface area (Å²) >= 11 is 0. The lowest BCUT2D eigenvalue weighted by atomic mass is 9.84. The minimum Gasteiger partial charge on any atom is -0.324 e. The van der Waals surface area contributed by atoms with Crippen molar-refractivity contribution in [3.8, 4) is 0 Å². The molecule has 2 aliphatic rings. The van der Waals surface area contributed by atoms with Crippen molar-refractivity contribution in [1.82, 2.24) is 14.5 Å². The largest absolute Gasteiger partial charge is 0.324 e. The first-order valence-corrected chi connectivity index (χ1v) is 11.5. The normalized spacial score (nSPS) is 22.3. The first kappa shape index (κ1) is 19.5. The Hall–Kier alpha value is -2.49. The molecule has 5 rings (SSSR count). The topological polar surface area (TPSA) is 43.1 Å². The molecule has 3 aromatic rings. The fraction of sp³-hybridized carbons (Fsp3) is 0.500. The maximum absolute atomic E-state index is 5.14. The fourth-order valence-electron chi connectivity index (χ4n) is 5.52. The lowest BCUT2D eigenvalue weighted by Crippen LogP contribution is -2.21. The highest BCUT2D eigenvalue weighted by atomic mass is 15.1. The Kier molecular flexibility index (Phi) is 4.96. The molecule has 156 valence electrons. The predicted molar refractivity (Wildman–Crippen MR) is 125 cm³/mol. The fourth-order valence-corrected chi connectivity index (χ4v) is 5.52. The van der Waals surface area contributed by atoms with Crippen LogP contribution in [0.3, 0.4) is 0 Å². The van der Waals surface area contributed by atoms with Crippen molar-refractivity contribution in [3.05, 3.63) is 47.1 Å². The van der Waals surface area contributed by atoms with Gasteiger partial charge in [0.05, 0.1) is 17.2 Å². The van der Waals surface area contributed by atoms with Crippen LogP contribution in [-0.2, 0) is 6.42 Å². The number of hydrogen-bond acceptors (Lipinski definition) is 3. The van der Waals surface area contributed by atoms with E-state index in [9.17, 15) is 0 Å². The van der Waals surface area contributed by atoms with E-state index in [1.165, 1.54) is 65.6 Å². The highest BCUT2D eigenvalue weighted by Crippen LogP contribution is 2.39. The van der Waals surface area contributed by atoms with E-state index in [4.69, 9.17) is 15.0 Å². The number of benzene rings is 1. The van der Waals surface area contributed by atoms with Gasteiger partial charge in [-0.05, 0) is 57.2 Å². The van der Waals surface area contributed by atoms with E-state index >= 15 is 0 Å². The van der Waals surface area contributed by atoms with Crippen molar-refractivity contribution < 1.29 is 0 Å². The van der Waals surface area contributed by atoms with E-state index in [2.05, 4.69) is 50.5 Å². The second kappa shape index (κ2) is 7.64. The summed E-state index contributed by atoms with van der Waals surface area (Å²) in [7, 11) is 0. The third-order valence-corrected chi connectivity index (χ3v) is 7.11. The summed E-state index contributed by atoms with van der Waals surface area (Å²) in [4.78, 5) is 14.7. The minimum absolute atomic E-state index is 0.516. The molecule has 0 bridgehead atoms. The molecule has 0 spiro atoms. The lowest BCUT2D eigenvalue weighted by Gasteiger charge is -2.31. The molecule has 1 aliphatic heterocycles. The van der Waals surface area contributed by atoms with E-state index < -0.39 is 0 Å². The van der Waals surface area contributed by atoms with Crippen LogP contribution in [-0.4, -0.2) is 20.2 Å². The molecular formula is C26H32N4. The SMILES string of the molecule is CCC1CCCC(n2c(CC3=C(C)CC(C)=N3)nc3cnc4ccc(C)cc4c32)C1. The Bertz CT molecular complexity index is 1180. The summed E-state index contributed by atoms with van der Waals surface area (Å²) in [5.74, 6) is 1.98. The van der Waals surface area contributed by atoms with Crippen LogP contribution in [0.4, 0.5) is 0 Å². The van der Waals surface area contributed by atoms with Gasteiger partial charge in [-0.15, -0.1) is 0 Å². The molecule has 2 atom stereocenters. The molecule has 1 saturated carbocycles. The van der Waals surface area contributed by atoms with E-state index in [-0.39, 0.29) is 0 Å². The Labute approximate surface area is 179 Å². The average Bonchev–Trinajstić information content (AvgIpc) is 3.27.